The van der Waals surface area contributed by atoms with E-state index in [0.29, 0.717) is 17.6 Å². The molecule has 4 nitrogen and oxygen atoms in total. The summed E-state index contributed by atoms with van der Waals surface area (Å²) >= 11 is 0. The first-order chi connectivity index (χ1) is 11.6. The van der Waals surface area contributed by atoms with Crippen LogP contribution in [-0.4, -0.2) is 41.9 Å². The van der Waals surface area contributed by atoms with Gasteiger partial charge in [0.2, 0.25) is 0 Å². The number of fused-ring (bicyclic) bond motifs is 1. The zero-order valence-electron chi connectivity index (χ0n) is 13.7. The predicted octanol–water partition coefficient (Wildman–Crippen LogP) is 2.93. The maximum Gasteiger partial charge on any atom is 0.289 e. The highest BCUT2D eigenvalue weighted by molar-refractivity contribution is 5.91. The smallest absolute Gasteiger partial charge is 0.289 e. The molecule has 0 spiro atoms. The molecule has 2 atom stereocenters. The maximum absolute atomic E-state index is 13.3. The van der Waals surface area contributed by atoms with Gasteiger partial charge in [0.05, 0.1) is 0 Å². The van der Waals surface area contributed by atoms with Crippen LogP contribution in [0.1, 0.15) is 21.9 Å². The van der Waals surface area contributed by atoms with Crippen molar-refractivity contribution in [3.05, 3.63) is 59.3 Å². The van der Waals surface area contributed by atoms with Gasteiger partial charge in [-0.25, -0.2) is 4.39 Å². The van der Waals surface area contributed by atoms with E-state index in [1.54, 1.807) is 18.2 Å². The maximum atomic E-state index is 13.3. The highest BCUT2D eigenvalue weighted by atomic mass is 19.1. The molecule has 1 aromatic carbocycles. The third-order valence-corrected chi connectivity index (χ3v) is 5.10. The molecule has 2 saturated heterocycles. The topological polar surface area (TPSA) is 36.7 Å². The van der Waals surface area contributed by atoms with Crippen molar-refractivity contribution >= 4 is 5.91 Å². The van der Waals surface area contributed by atoms with Gasteiger partial charge in [0.25, 0.3) is 5.91 Å². The summed E-state index contributed by atoms with van der Waals surface area (Å²) in [5, 5.41) is 0. The van der Waals surface area contributed by atoms with Crippen molar-refractivity contribution in [2.75, 3.05) is 26.2 Å². The second-order valence-corrected chi connectivity index (χ2v) is 6.96. The first kappa shape index (κ1) is 15.4. The Labute approximate surface area is 140 Å². The molecule has 5 heteroatoms. The molecular formula is C19H21FN2O2. The number of aryl methyl sites for hydroxylation is 1. The van der Waals surface area contributed by atoms with Gasteiger partial charge < -0.3 is 9.32 Å². The first-order valence-corrected chi connectivity index (χ1v) is 8.41. The number of hydrogen-bond acceptors (Lipinski definition) is 3. The first-order valence-electron chi connectivity index (χ1n) is 8.41. The molecule has 0 radical (unpaired) electrons. The van der Waals surface area contributed by atoms with E-state index in [1.165, 1.54) is 6.07 Å². The van der Waals surface area contributed by atoms with Gasteiger partial charge in [-0.05, 0) is 48.6 Å². The Morgan fingerprint density at radius 1 is 1.17 bits per heavy atom. The molecule has 4 rings (SSSR count). The lowest BCUT2D eigenvalue weighted by Crippen LogP contribution is -2.33. The summed E-state index contributed by atoms with van der Waals surface area (Å²) in [5.41, 5.74) is 1.01. The van der Waals surface area contributed by atoms with Gasteiger partial charge in [-0.2, -0.15) is 0 Å². The molecule has 1 amide bonds. The monoisotopic (exact) mass is 328 g/mol. The van der Waals surface area contributed by atoms with Crippen LogP contribution in [0.2, 0.25) is 0 Å². The normalized spacial score (nSPS) is 23.7. The zero-order chi connectivity index (χ0) is 16.7. The molecule has 0 saturated carbocycles. The van der Waals surface area contributed by atoms with Gasteiger partial charge >= 0.3 is 0 Å². The molecule has 0 N–H and O–H groups in total. The molecule has 2 aromatic rings. The number of furan rings is 1. The predicted molar refractivity (Wildman–Crippen MR) is 88.0 cm³/mol. The van der Waals surface area contributed by atoms with Crippen LogP contribution >= 0.6 is 0 Å². The van der Waals surface area contributed by atoms with Gasteiger partial charge in [-0.15, -0.1) is 0 Å². The Morgan fingerprint density at radius 2 is 1.92 bits per heavy atom. The largest absolute Gasteiger partial charge is 0.456 e. The highest BCUT2D eigenvalue weighted by Gasteiger charge is 2.42. The summed E-state index contributed by atoms with van der Waals surface area (Å²) in [6.07, 6.45) is 0. The molecule has 3 heterocycles. The van der Waals surface area contributed by atoms with Crippen LogP contribution in [0.15, 0.2) is 40.8 Å². The molecule has 2 aliphatic heterocycles. The Balaban J connectivity index is 1.36. The van der Waals surface area contributed by atoms with Crippen molar-refractivity contribution in [2.24, 2.45) is 11.8 Å². The van der Waals surface area contributed by atoms with Crippen molar-refractivity contribution in [1.29, 1.82) is 0 Å². The number of hydrogen-bond donors (Lipinski definition) is 0. The van der Waals surface area contributed by atoms with Crippen LogP contribution in [0.25, 0.3) is 0 Å². The lowest BCUT2D eigenvalue weighted by atomic mass is 10.0. The van der Waals surface area contributed by atoms with Crippen molar-refractivity contribution in [2.45, 2.75) is 13.5 Å². The average Bonchev–Trinajstić information content (AvgIpc) is 3.21. The van der Waals surface area contributed by atoms with Gasteiger partial charge in [-0.1, -0.05) is 12.1 Å². The Morgan fingerprint density at radius 3 is 2.54 bits per heavy atom. The lowest BCUT2D eigenvalue weighted by molar-refractivity contribution is 0.0740. The molecule has 24 heavy (non-hydrogen) atoms. The second-order valence-electron chi connectivity index (χ2n) is 6.96. The zero-order valence-corrected chi connectivity index (χ0v) is 13.7. The Bertz CT molecular complexity index is 743. The summed E-state index contributed by atoms with van der Waals surface area (Å²) in [4.78, 5) is 16.8. The lowest BCUT2D eigenvalue weighted by Gasteiger charge is -2.21. The fraction of sp³-hybridized carbons (Fsp3) is 0.421. The van der Waals surface area contributed by atoms with E-state index < -0.39 is 0 Å². The third kappa shape index (κ3) is 2.96. The molecule has 2 fully saturated rings. The van der Waals surface area contributed by atoms with Crippen LogP contribution < -0.4 is 0 Å². The van der Waals surface area contributed by atoms with Crippen LogP contribution in [0.4, 0.5) is 4.39 Å². The quantitative estimate of drug-likeness (QED) is 0.869. The van der Waals surface area contributed by atoms with Crippen molar-refractivity contribution in [3.8, 4) is 0 Å². The number of amides is 1. The molecule has 0 bridgehead atoms. The van der Waals surface area contributed by atoms with Gasteiger partial charge in [0, 0.05) is 32.7 Å². The SMILES string of the molecule is Cc1ccc(C(=O)N2C[C@H]3CN(Cc4cccc(F)c4)C[C@H]3C2)o1. The number of rotatable bonds is 3. The minimum absolute atomic E-state index is 0.00539. The minimum Gasteiger partial charge on any atom is -0.456 e. The number of carbonyl (C=O) groups is 1. The number of carbonyl (C=O) groups excluding carboxylic acids is 1. The van der Waals surface area contributed by atoms with E-state index in [2.05, 4.69) is 4.90 Å². The van der Waals surface area contributed by atoms with Crippen molar-refractivity contribution < 1.29 is 13.6 Å². The van der Waals surface area contributed by atoms with E-state index in [4.69, 9.17) is 4.42 Å². The van der Waals surface area contributed by atoms with Gasteiger partial charge in [-0.3, -0.25) is 9.69 Å². The summed E-state index contributed by atoms with van der Waals surface area (Å²) in [6.45, 7) is 6.10. The van der Waals surface area contributed by atoms with E-state index in [0.717, 1.165) is 44.0 Å². The van der Waals surface area contributed by atoms with E-state index in [9.17, 15) is 9.18 Å². The average molecular weight is 328 g/mol. The summed E-state index contributed by atoms with van der Waals surface area (Å²) < 4.78 is 18.8. The molecule has 126 valence electrons. The molecule has 2 aliphatic rings. The number of benzene rings is 1. The number of likely N-dealkylation sites (tertiary alicyclic amines) is 2. The van der Waals surface area contributed by atoms with Gasteiger partial charge in [0.15, 0.2) is 5.76 Å². The van der Waals surface area contributed by atoms with Crippen LogP contribution in [-0.2, 0) is 6.54 Å². The highest BCUT2D eigenvalue weighted by Crippen LogP contribution is 2.32. The summed E-state index contributed by atoms with van der Waals surface area (Å²) in [6, 6.07) is 10.4. The standard InChI is InChI=1S/C19H21FN2O2/c1-13-5-6-18(24-13)19(23)22-11-15-9-21(10-16(15)12-22)8-14-3-2-4-17(20)7-14/h2-7,15-16H,8-12H2,1H3/t15-,16+. The summed E-state index contributed by atoms with van der Waals surface area (Å²) in [5.74, 6) is 2.01. The molecular weight excluding hydrogens is 307 g/mol. The van der Waals surface area contributed by atoms with Crippen molar-refractivity contribution in [3.63, 3.8) is 0 Å². The molecule has 0 aliphatic carbocycles. The van der Waals surface area contributed by atoms with Crippen molar-refractivity contribution in [1.82, 2.24) is 9.80 Å². The fourth-order valence-corrected chi connectivity index (χ4v) is 3.98. The Kier molecular flexibility index (Phi) is 3.88. The van der Waals surface area contributed by atoms with Gasteiger partial charge in [0.1, 0.15) is 11.6 Å². The second kappa shape index (κ2) is 6.06. The van der Waals surface area contributed by atoms with Crippen LogP contribution in [0.3, 0.4) is 0 Å². The van der Waals surface area contributed by atoms with Crippen LogP contribution in [0.5, 0.6) is 0 Å². The van der Waals surface area contributed by atoms with E-state index >= 15 is 0 Å². The van der Waals surface area contributed by atoms with E-state index in [-0.39, 0.29) is 11.7 Å². The summed E-state index contributed by atoms with van der Waals surface area (Å²) in [7, 11) is 0. The van der Waals surface area contributed by atoms with Crippen LogP contribution in [0, 0.1) is 24.6 Å². The minimum atomic E-state index is -0.183. The fourth-order valence-electron chi connectivity index (χ4n) is 3.98. The van der Waals surface area contributed by atoms with E-state index in [1.807, 2.05) is 24.0 Å². The third-order valence-electron chi connectivity index (χ3n) is 5.10. The molecule has 0 unspecified atom stereocenters. The number of halogens is 1. The Hall–Kier alpha value is -2.14. The molecule has 1 aromatic heterocycles. The number of nitrogens with zero attached hydrogens (tertiary/aromatic N) is 2.